The molecule has 0 saturated heterocycles. The van der Waals surface area contributed by atoms with Gasteiger partial charge in [-0.1, -0.05) is 6.08 Å². The Morgan fingerprint density at radius 2 is 1.77 bits per heavy atom. The van der Waals surface area contributed by atoms with Crippen molar-refractivity contribution in [2.24, 2.45) is 5.10 Å². The molecule has 43 heavy (non-hydrogen) atoms. The van der Waals surface area contributed by atoms with Gasteiger partial charge >= 0.3 is 11.9 Å². The van der Waals surface area contributed by atoms with Crippen LogP contribution in [0.1, 0.15) is 45.8 Å². The number of rotatable bonds is 13. The predicted molar refractivity (Wildman–Crippen MR) is 162 cm³/mol. The Morgan fingerprint density at radius 3 is 2.42 bits per heavy atom. The molecule has 224 valence electrons. The molecule has 0 bridgehead atoms. The largest absolute Gasteiger partial charge is 0.493 e. The van der Waals surface area contributed by atoms with E-state index in [4.69, 9.17) is 23.4 Å². The minimum atomic E-state index is -0.839. The first kappa shape index (κ1) is 30.7. The number of ether oxygens (including phenoxy) is 4. The van der Waals surface area contributed by atoms with Crippen LogP contribution in [0, 0.1) is 13.8 Å². The number of nitrogens with zero attached hydrogens (tertiary/aromatic N) is 2. The number of hydrogen-bond donors (Lipinski definition) is 1. The van der Waals surface area contributed by atoms with Gasteiger partial charge in [0.05, 0.1) is 20.4 Å². The molecule has 0 saturated carbocycles. The summed E-state index contributed by atoms with van der Waals surface area (Å²) >= 11 is 0. The van der Waals surface area contributed by atoms with E-state index in [2.05, 4.69) is 47.7 Å². The molecule has 0 aliphatic carbocycles. The Balaban J connectivity index is 1.36. The molecule has 10 nitrogen and oxygen atoms in total. The van der Waals surface area contributed by atoms with E-state index >= 15 is 0 Å². The highest BCUT2D eigenvalue weighted by atomic mass is 16.6. The van der Waals surface area contributed by atoms with Crippen LogP contribution in [0.2, 0.25) is 0 Å². The second kappa shape index (κ2) is 14.1. The molecule has 2 aromatic heterocycles. The molecule has 0 unspecified atom stereocenters. The SMILES string of the molecule is C=CCc1cc(/C=N/NC(=O)c2ccc(COc3ccc(-n4c(C)ccc4C)cc3)o2)cc(OC)c1O[C@@H](C)C(=O)OC. The number of nitrogens with one attached hydrogen (secondary N) is 1. The maximum atomic E-state index is 12.6. The number of hydrazone groups is 1. The summed E-state index contributed by atoms with van der Waals surface area (Å²) in [5.74, 6) is 1.02. The first-order chi connectivity index (χ1) is 20.7. The third-order valence-electron chi connectivity index (χ3n) is 6.58. The molecule has 1 N–H and O–H groups in total. The van der Waals surface area contributed by atoms with Crippen LogP contribution in [-0.4, -0.2) is 43.0 Å². The summed E-state index contributed by atoms with van der Waals surface area (Å²) in [6.45, 7) is 9.66. The van der Waals surface area contributed by atoms with E-state index in [0.717, 1.165) is 22.6 Å². The van der Waals surface area contributed by atoms with Crippen LogP contribution in [0.25, 0.3) is 5.69 Å². The van der Waals surface area contributed by atoms with Gasteiger partial charge < -0.3 is 27.9 Å². The van der Waals surface area contributed by atoms with Crippen molar-refractivity contribution in [3.05, 3.63) is 107 Å². The van der Waals surface area contributed by atoms with Crippen molar-refractivity contribution in [3.8, 4) is 22.9 Å². The number of aryl methyl sites for hydroxylation is 2. The van der Waals surface area contributed by atoms with Crippen LogP contribution in [0.15, 0.2) is 82.8 Å². The van der Waals surface area contributed by atoms with E-state index in [1.807, 2.05) is 24.3 Å². The Morgan fingerprint density at radius 1 is 1.05 bits per heavy atom. The molecule has 10 heteroatoms. The van der Waals surface area contributed by atoms with E-state index in [-0.39, 0.29) is 12.4 Å². The Bertz CT molecular complexity index is 1600. The van der Waals surface area contributed by atoms with Gasteiger partial charge in [-0.05, 0) is 93.4 Å². The summed E-state index contributed by atoms with van der Waals surface area (Å²) < 4.78 is 29.7. The van der Waals surface area contributed by atoms with Gasteiger partial charge in [0.1, 0.15) is 18.1 Å². The number of amides is 1. The Hall–Kier alpha value is -5.25. The van der Waals surface area contributed by atoms with Gasteiger partial charge in [-0.3, -0.25) is 4.79 Å². The predicted octanol–water partition coefficient (Wildman–Crippen LogP) is 5.71. The van der Waals surface area contributed by atoms with Crippen molar-refractivity contribution in [1.82, 2.24) is 9.99 Å². The van der Waals surface area contributed by atoms with Crippen LogP contribution in [-0.2, 0) is 22.6 Å². The molecule has 0 aliphatic heterocycles. The van der Waals surface area contributed by atoms with Crippen molar-refractivity contribution < 1.29 is 33.0 Å². The third kappa shape index (κ3) is 7.53. The summed E-state index contributed by atoms with van der Waals surface area (Å²) in [5, 5.41) is 4.06. The van der Waals surface area contributed by atoms with Crippen LogP contribution >= 0.6 is 0 Å². The molecular weight excluding hydrogens is 550 g/mol. The summed E-state index contributed by atoms with van der Waals surface area (Å²) in [7, 11) is 2.78. The maximum absolute atomic E-state index is 12.6. The Kier molecular flexibility index (Phi) is 10.1. The fourth-order valence-electron chi connectivity index (χ4n) is 4.46. The summed E-state index contributed by atoms with van der Waals surface area (Å²) in [6.07, 6.45) is 2.77. The molecule has 0 spiro atoms. The lowest BCUT2D eigenvalue weighted by molar-refractivity contribution is -0.147. The molecule has 2 heterocycles. The third-order valence-corrected chi connectivity index (χ3v) is 6.58. The molecule has 4 rings (SSSR count). The fourth-order valence-corrected chi connectivity index (χ4v) is 4.46. The van der Waals surface area contributed by atoms with Crippen molar-refractivity contribution in [2.45, 2.75) is 39.9 Å². The van der Waals surface area contributed by atoms with Gasteiger partial charge in [0.15, 0.2) is 23.4 Å². The second-order valence-corrected chi connectivity index (χ2v) is 9.69. The number of hydrogen-bond acceptors (Lipinski definition) is 8. The fraction of sp³-hybridized carbons (Fsp3) is 0.242. The number of aromatic nitrogens is 1. The first-order valence-electron chi connectivity index (χ1n) is 13.6. The zero-order valence-corrected chi connectivity index (χ0v) is 24.9. The van der Waals surface area contributed by atoms with Crippen LogP contribution < -0.4 is 19.6 Å². The number of benzene rings is 2. The molecule has 2 aromatic carbocycles. The molecule has 0 aliphatic rings. The highest BCUT2D eigenvalue weighted by Gasteiger charge is 2.20. The quantitative estimate of drug-likeness (QED) is 0.0926. The lowest BCUT2D eigenvalue weighted by Gasteiger charge is -2.18. The van der Waals surface area contributed by atoms with E-state index in [0.29, 0.717) is 35.0 Å². The zero-order chi connectivity index (χ0) is 30.9. The average molecular weight is 586 g/mol. The van der Waals surface area contributed by atoms with E-state index in [1.165, 1.54) is 20.4 Å². The van der Waals surface area contributed by atoms with E-state index in [9.17, 15) is 9.59 Å². The van der Waals surface area contributed by atoms with Crippen molar-refractivity contribution >= 4 is 18.1 Å². The number of furan rings is 1. The smallest absolute Gasteiger partial charge is 0.346 e. The highest BCUT2D eigenvalue weighted by Crippen LogP contribution is 2.34. The monoisotopic (exact) mass is 585 g/mol. The van der Waals surface area contributed by atoms with Gasteiger partial charge in [-0.25, -0.2) is 10.2 Å². The first-order valence-corrected chi connectivity index (χ1v) is 13.6. The maximum Gasteiger partial charge on any atom is 0.346 e. The molecule has 1 atom stereocenters. The minimum absolute atomic E-state index is 0.0927. The van der Waals surface area contributed by atoms with Crippen LogP contribution in [0.3, 0.4) is 0 Å². The molecule has 1 amide bonds. The summed E-state index contributed by atoms with van der Waals surface area (Å²) in [6, 6.07) is 18.7. The van der Waals surface area contributed by atoms with Crippen LogP contribution in [0.5, 0.6) is 17.2 Å². The number of esters is 1. The lowest BCUT2D eigenvalue weighted by atomic mass is 10.1. The molecule has 0 radical (unpaired) electrons. The number of allylic oxidation sites excluding steroid dienone is 1. The molecular formula is C33H35N3O7. The molecule has 4 aromatic rings. The van der Waals surface area contributed by atoms with Crippen LogP contribution in [0.4, 0.5) is 0 Å². The van der Waals surface area contributed by atoms with Gasteiger partial charge in [-0.15, -0.1) is 6.58 Å². The summed E-state index contributed by atoms with van der Waals surface area (Å²) in [5.41, 5.74) is 7.18. The normalized spacial score (nSPS) is 11.7. The lowest BCUT2D eigenvalue weighted by Crippen LogP contribution is -2.25. The number of carbonyl (C=O) groups is 2. The van der Waals surface area contributed by atoms with E-state index < -0.39 is 18.0 Å². The van der Waals surface area contributed by atoms with E-state index in [1.54, 1.807) is 37.3 Å². The topological polar surface area (TPSA) is 114 Å². The van der Waals surface area contributed by atoms with Crippen molar-refractivity contribution in [1.29, 1.82) is 0 Å². The minimum Gasteiger partial charge on any atom is -0.493 e. The highest BCUT2D eigenvalue weighted by molar-refractivity contribution is 5.92. The Labute approximate surface area is 250 Å². The number of methoxy groups -OCH3 is 2. The molecule has 0 fully saturated rings. The van der Waals surface area contributed by atoms with Gasteiger partial charge in [-0.2, -0.15) is 5.10 Å². The summed E-state index contributed by atoms with van der Waals surface area (Å²) in [4.78, 5) is 24.5. The van der Waals surface area contributed by atoms with Crippen molar-refractivity contribution in [2.75, 3.05) is 14.2 Å². The van der Waals surface area contributed by atoms with Gasteiger partial charge in [0, 0.05) is 22.6 Å². The standard InChI is InChI=1S/C33H35N3O7/c1-7-8-25-17-24(18-30(39-5)31(25)42-23(4)33(38)40-6)19-34-35-32(37)29-16-15-28(43-29)20-41-27-13-11-26(12-14-27)36-21(2)9-10-22(36)3/h7,9-19,23H,1,8,20H2,2-6H3,(H,35,37)/b34-19+/t23-/m0/s1. The second-order valence-electron chi connectivity index (χ2n) is 9.69. The zero-order valence-electron chi connectivity index (χ0n) is 24.9. The number of carbonyl (C=O) groups excluding carboxylic acids is 2. The van der Waals surface area contributed by atoms with Gasteiger partial charge in [0.2, 0.25) is 0 Å². The van der Waals surface area contributed by atoms with Gasteiger partial charge in [0.25, 0.3) is 0 Å². The van der Waals surface area contributed by atoms with Crippen molar-refractivity contribution in [3.63, 3.8) is 0 Å². The average Bonchev–Trinajstić information content (AvgIpc) is 3.62.